The van der Waals surface area contributed by atoms with E-state index in [9.17, 15) is 5.21 Å². The topological polar surface area (TPSA) is 78.3 Å². The molecule has 0 bridgehead atoms. The van der Waals surface area contributed by atoms with Crippen molar-refractivity contribution in [2.45, 2.75) is 18.6 Å². The molecule has 7 nitrogen and oxygen atoms in total. The zero-order valence-corrected chi connectivity index (χ0v) is 13.8. The number of pyridine rings is 1. The highest BCUT2D eigenvalue weighted by Gasteiger charge is 2.44. The van der Waals surface area contributed by atoms with Crippen molar-refractivity contribution in [2.75, 3.05) is 36.2 Å². The molecule has 2 aromatic rings. The standard InChI is InChI=1S/C18H21N3O4/c22-12-11-21(23)14-5-6-17(19-13-14)20-9-7-18(8-10-20)24-15-3-1-2-4-16(15)25-18/h1-6,13,22-23H,7-12H2. The molecule has 0 amide bonds. The number of nitrogens with zero attached hydrogens (tertiary/aromatic N) is 3. The summed E-state index contributed by atoms with van der Waals surface area (Å²) in [5.74, 6) is 1.91. The molecule has 2 N–H and O–H groups in total. The van der Waals surface area contributed by atoms with Crippen LogP contribution in [-0.4, -0.2) is 47.3 Å². The molecule has 4 rings (SSSR count). The molecule has 1 aromatic carbocycles. The number of hydrogen-bond donors (Lipinski definition) is 2. The third-order valence-corrected chi connectivity index (χ3v) is 4.63. The van der Waals surface area contributed by atoms with Crippen LogP contribution in [-0.2, 0) is 0 Å². The zero-order chi connectivity index (χ0) is 17.3. The van der Waals surface area contributed by atoms with Crippen LogP contribution in [0.1, 0.15) is 12.8 Å². The lowest BCUT2D eigenvalue weighted by molar-refractivity contribution is -0.0960. The number of anilines is 2. The number of hydrogen-bond acceptors (Lipinski definition) is 7. The third-order valence-electron chi connectivity index (χ3n) is 4.63. The Bertz CT molecular complexity index is 702. The molecule has 7 heteroatoms. The minimum Gasteiger partial charge on any atom is -0.448 e. The SMILES string of the molecule is OCCN(O)c1ccc(N2CCC3(CC2)Oc2ccccc2O3)nc1. The number of ether oxygens (including phenoxy) is 2. The second-order valence-electron chi connectivity index (χ2n) is 6.27. The second kappa shape index (κ2) is 6.42. The largest absolute Gasteiger partial charge is 0.448 e. The summed E-state index contributed by atoms with van der Waals surface area (Å²) in [5, 5.41) is 19.6. The average Bonchev–Trinajstić information content (AvgIpc) is 3.00. The van der Waals surface area contributed by atoms with Gasteiger partial charge in [0.15, 0.2) is 11.5 Å². The maximum absolute atomic E-state index is 9.73. The monoisotopic (exact) mass is 343 g/mol. The molecule has 0 saturated carbocycles. The number of aromatic nitrogens is 1. The fraction of sp³-hybridized carbons (Fsp3) is 0.389. The number of aliphatic hydroxyl groups excluding tert-OH is 1. The lowest BCUT2D eigenvalue weighted by Crippen LogP contribution is -2.50. The molecule has 0 atom stereocenters. The van der Waals surface area contributed by atoms with Crippen molar-refractivity contribution in [1.82, 2.24) is 4.98 Å². The molecule has 25 heavy (non-hydrogen) atoms. The number of para-hydroxylation sites is 2. The first kappa shape index (κ1) is 16.0. The second-order valence-corrected chi connectivity index (χ2v) is 6.27. The fourth-order valence-corrected chi connectivity index (χ4v) is 3.26. The van der Waals surface area contributed by atoms with E-state index in [1.807, 2.05) is 30.3 Å². The summed E-state index contributed by atoms with van der Waals surface area (Å²) in [6.07, 6.45) is 3.11. The van der Waals surface area contributed by atoms with Gasteiger partial charge >= 0.3 is 0 Å². The van der Waals surface area contributed by atoms with Crippen molar-refractivity contribution in [3.05, 3.63) is 42.6 Å². The van der Waals surface area contributed by atoms with Crippen LogP contribution >= 0.6 is 0 Å². The number of hydroxylamine groups is 1. The number of rotatable bonds is 4. The van der Waals surface area contributed by atoms with Gasteiger partial charge in [0.1, 0.15) is 5.82 Å². The quantitative estimate of drug-likeness (QED) is 0.823. The van der Waals surface area contributed by atoms with Gasteiger partial charge in [0.05, 0.1) is 25.0 Å². The molecule has 0 radical (unpaired) electrons. The predicted molar refractivity (Wildman–Crippen MR) is 92.3 cm³/mol. The highest BCUT2D eigenvalue weighted by Crippen LogP contribution is 2.43. The summed E-state index contributed by atoms with van der Waals surface area (Å²) >= 11 is 0. The third kappa shape index (κ3) is 3.08. The first-order valence-corrected chi connectivity index (χ1v) is 8.44. The molecular formula is C18H21N3O4. The molecule has 1 saturated heterocycles. The predicted octanol–water partition coefficient (Wildman–Crippen LogP) is 2.04. The van der Waals surface area contributed by atoms with Crippen molar-refractivity contribution in [3.63, 3.8) is 0 Å². The Labute approximate surface area is 146 Å². The van der Waals surface area contributed by atoms with E-state index in [1.165, 1.54) is 0 Å². The van der Waals surface area contributed by atoms with Gasteiger partial charge in [-0.1, -0.05) is 12.1 Å². The van der Waals surface area contributed by atoms with Crippen molar-refractivity contribution in [1.29, 1.82) is 0 Å². The maximum atomic E-state index is 9.73. The van der Waals surface area contributed by atoms with Gasteiger partial charge in [0, 0.05) is 25.9 Å². The van der Waals surface area contributed by atoms with E-state index in [-0.39, 0.29) is 13.2 Å². The molecule has 1 spiro atoms. The van der Waals surface area contributed by atoms with Crippen LogP contribution in [0.4, 0.5) is 11.5 Å². The van der Waals surface area contributed by atoms with Crippen molar-refractivity contribution >= 4 is 11.5 Å². The molecule has 0 unspecified atom stereocenters. The van der Waals surface area contributed by atoms with Gasteiger partial charge in [-0.15, -0.1) is 0 Å². The van der Waals surface area contributed by atoms with E-state index in [0.29, 0.717) is 5.69 Å². The molecule has 1 aromatic heterocycles. The van der Waals surface area contributed by atoms with Crippen LogP contribution < -0.4 is 19.4 Å². The van der Waals surface area contributed by atoms with E-state index in [4.69, 9.17) is 14.6 Å². The normalized spacial score (nSPS) is 17.8. The molecule has 3 heterocycles. The Morgan fingerprint density at radius 2 is 1.76 bits per heavy atom. The summed E-state index contributed by atoms with van der Waals surface area (Å²) in [4.78, 5) is 6.60. The molecular weight excluding hydrogens is 322 g/mol. The molecule has 132 valence electrons. The average molecular weight is 343 g/mol. The first-order chi connectivity index (χ1) is 12.2. The van der Waals surface area contributed by atoms with Crippen LogP contribution in [0.2, 0.25) is 0 Å². The Hall–Kier alpha value is -2.51. The smallest absolute Gasteiger partial charge is 0.255 e. The molecule has 2 aliphatic heterocycles. The van der Waals surface area contributed by atoms with Gasteiger partial charge in [-0.3, -0.25) is 10.3 Å². The van der Waals surface area contributed by atoms with Crippen molar-refractivity contribution < 1.29 is 19.8 Å². The summed E-state index contributed by atoms with van der Waals surface area (Å²) < 4.78 is 12.1. The summed E-state index contributed by atoms with van der Waals surface area (Å²) in [6, 6.07) is 11.4. The van der Waals surface area contributed by atoms with Crippen molar-refractivity contribution in [2.24, 2.45) is 0 Å². The molecule has 2 aliphatic rings. The first-order valence-electron chi connectivity index (χ1n) is 8.44. The Balaban J connectivity index is 1.39. The van der Waals surface area contributed by atoms with Gasteiger partial charge < -0.3 is 19.5 Å². The lowest BCUT2D eigenvalue weighted by atomic mass is 10.0. The van der Waals surface area contributed by atoms with E-state index in [1.54, 1.807) is 12.3 Å². The van der Waals surface area contributed by atoms with E-state index >= 15 is 0 Å². The van der Waals surface area contributed by atoms with Crippen LogP contribution in [0.15, 0.2) is 42.6 Å². The van der Waals surface area contributed by atoms with E-state index in [0.717, 1.165) is 48.3 Å². The Kier molecular flexibility index (Phi) is 4.10. The minimum atomic E-state index is -0.566. The molecule has 1 fully saturated rings. The Morgan fingerprint density at radius 1 is 1.08 bits per heavy atom. The molecule has 0 aliphatic carbocycles. The highest BCUT2D eigenvalue weighted by molar-refractivity contribution is 5.49. The fourth-order valence-electron chi connectivity index (χ4n) is 3.26. The lowest BCUT2D eigenvalue weighted by Gasteiger charge is -2.38. The number of piperidine rings is 1. The number of fused-ring (bicyclic) bond motifs is 1. The highest BCUT2D eigenvalue weighted by atomic mass is 16.7. The van der Waals surface area contributed by atoms with E-state index in [2.05, 4.69) is 9.88 Å². The van der Waals surface area contributed by atoms with Crippen LogP contribution in [0.3, 0.4) is 0 Å². The van der Waals surface area contributed by atoms with Gasteiger partial charge in [-0.05, 0) is 24.3 Å². The maximum Gasteiger partial charge on any atom is 0.255 e. The van der Waals surface area contributed by atoms with Gasteiger partial charge in [0.25, 0.3) is 5.79 Å². The van der Waals surface area contributed by atoms with E-state index < -0.39 is 5.79 Å². The minimum absolute atomic E-state index is 0.116. The summed E-state index contributed by atoms with van der Waals surface area (Å²) in [5.41, 5.74) is 0.559. The van der Waals surface area contributed by atoms with Crippen LogP contribution in [0.25, 0.3) is 0 Å². The Morgan fingerprint density at radius 3 is 2.32 bits per heavy atom. The summed E-state index contributed by atoms with van der Waals surface area (Å²) in [7, 11) is 0. The number of benzene rings is 1. The zero-order valence-electron chi connectivity index (χ0n) is 13.8. The summed E-state index contributed by atoms with van der Waals surface area (Å²) in [6.45, 7) is 1.59. The van der Waals surface area contributed by atoms with Crippen LogP contribution in [0.5, 0.6) is 11.5 Å². The number of aliphatic hydroxyl groups is 1. The van der Waals surface area contributed by atoms with Gasteiger partial charge in [0.2, 0.25) is 0 Å². The van der Waals surface area contributed by atoms with Gasteiger partial charge in [-0.2, -0.15) is 0 Å². The van der Waals surface area contributed by atoms with Crippen molar-refractivity contribution in [3.8, 4) is 11.5 Å². The van der Waals surface area contributed by atoms with Gasteiger partial charge in [-0.25, -0.2) is 4.98 Å². The van der Waals surface area contributed by atoms with Crippen LogP contribution in [0, 0.1) is 0 Å².